The minimum atomic E-state index is -0.257. The van der Waals surface area contributed by atoms with Crippen molar-refractivity contribution in [1.29, 1.82) is 0 Å². The number of fused-ring (bicyclic) bond motifs is 8. The van der Waals surface area contributed by atoms with Gasteiger partial charge in [-0.3, -0.25) is 0 Å². The zero-order chi connectivity index (χ0) is 31.2. The SMILES string of the molecule is CCCCC(C)c1c(-c2nc3c4ccccc4c4ccccc4c3s2)c(=O)oc2c3c4c(cc12)C(C)(C)CCN4CCC3(C)C. The van der Waals surface area contributed by atoms with Gasteiger partial charge in [0, 0.05) is 40.5 Å². The second-order valence-corrected chi connectivity index (χ2v) is 15.8. The van der Waals surface area contributed by atoms with E-state index in [2.05, 4.69) is 101 Å². The van der Waals surface area contributed by atoms with Gasteiger partial charge in [-0.25, -0.2) is 9.78 Å². The maximum absolute atomic E-state index is 14.5. The number of hydrogen-bond donors (Lipinski definition) is 0. The van der Waals surface area contributed by atoms with Crippen LogP contribution in [0.3, 0.4) is 0 Å². The molecule has 2 aliphatic rings. The maximum Gasteiger partial charge on any atom is 0.346 e. The molecule has 0 radical (unpaired) electrons. The molecule has 8 rings (SSSR count). The lowest BCUT2D eigenvalue weighted by Crippen LogP contribution is -2.44. The van der Waals surface area contributed by atoms with Crippen molar-refractivity contribution in [2.24, 2.45) is 0 Å². The zero-order valence-corrected chi connectivity index (χ0v) is 28.2. The lowest BCUT2D eigenvalue weighted by molar-refractivity contribution is 0.398. The van der Waals surface area contributed by atoms with Crippen molar-refractivity contribution in [3.8, 4) is 10.6 Å². The molecular formula is C40H42N2O2S. The van der Waals surface area contributed by atoms with Gasteiger partial charge in [0.1, 0.15) is 16.2 Å². The van der Waals surface area contributed by atoms with E-state index in [4.69, 9.17) is 9.40 Å². The topological polar surface area (TPSA) is 46.3 Å². The third-order valence-corrected chi connectivity index (χ3v) is 12.0. The summed E-state index contributed by atoms with van der Waals surface area (Å²) in [6.45, 7) is 16.1. The van der Waals surface area contributed by atoms with E-state index in [0.29, 0.717) is 5.56 Å². The molecule has 4 nitrogen and oxygen atoms in total. The van der Waals surface area contributed by atoms with E-state index in [0.717, 1.165) is 82.3 Å². The average molecular weight is 615 g/mol. The van der Waals surface area contributed by atoms with Crippen molar-refractivity contribution in [2.75, 3.05) is 18.0 Å². The summed E-state index contributed by atoms with van der Waals surface area (Å²) in [4.78, 5) is 22.4. The minimum absolute atomic E-state index is 0.0378. The highest BCUT2D eigenvalue weighted by atomic mass is 32.1. The molecule has 6 aromatic rings. The van der Waals surface area contributed by atoms with Crippen LogP contribution in [-0.2, 0) is 10.8 Å². The number of aromatic nitrogens is 1. The van der Waals surface area contributed by atoms with Crippen LogP contribution in [-0.4, -0.2) is 18.1 Å². The highest BCUT2D eigenvalue weighted by Crippen LogP contribution is 2.53. The van der Waals surface area contributed by atoms with Gasteiger partial charge in [0.25, 0.3) is 0 Å². The van der Waals surface area contributed by atoms with E-state index < -0.39 is 0 Å². The number of hydrogen-bond acceptors (Lipinski definition) is 5. The van der Waals surface area contributed by atoms with Gasteiger partial charge < -0.3 is 9.32 Å². The summed E-state index contributed by atoms with van der Waals surface area (Å²) < 4.78 is 7.70. The molecule has 4 heterocycles. The molecule has 1 atom stereocenters. The van der Waals surface area contributed by atoms with Crippen LogP contribution < -0.4 is 10.5 Å². The predicted octanol–water partition coefficient (Wildman–Crippen LogP) is 10.8. The molecule has 230 valence electrons. The van der Waals surface area contributed by atoms with Crippen molar-refractivity contribution >= 4 is 59.8 Å². The molecule has 0 saturated heterocycles. The zero-order valence-electron chi connectivity index (χ0n) is 27.3. The van der Waals surface area contributed by atoms with Gasteiger partial charge in [0.2, 0.25) is 0 Å². The van der Waals surface area contributed by atoms with E-state index >= 15 is 0 Å². The molecule has 0 amide bonds. The summed E-state index contributed by atoms with van der Waals surface area (Å²) in [6.07, 6.45) is 5.41. The van der Waals surface area contributed by atoms with Gasteiger partial charge in [0.05, 0.1) is 10.2 Å². The first-order chi connectivity index (χ1) is 21.6. The fraction of sp³-hybridized carbons (Fsp3) is 0.400. The molecule has 1 unspecified atom stereocenters. The lowest BCUT2D eigenvalue weighted by Gasteiger charge is -2.48. The summed E-state index contributed by atoms with van der Waals surface area (Å²) in [7, 11) is 0. The van der Waals surface area contributed by atoms with Gasteiger partial charge in [0.15, 0.2) is 0 Å². The Morgan fingerprint density at radius 2 is 1.56 bits per heavy atom. The fourth-order valence-corrected chi connectivity index (χ4v) is 9.41. The quantitative estimate of drug-likeness (QED) is 0.143. The standard InChI is InChI=1S/C40H42N2O2S/c1-7-8-13-23(2)30-28-22-29-34-32(40(5,6)19-21-42(34)20-18-39(29,3)4)35(28)44-38(43)31(30)37-41-33-26-16-11-9-14-24(26)25-15-10-12-17-27(25)36(33)45-37/h9-12,14-17,22-23H,7-8,13,18-21H2,1-6H3. The summed E-state index contributed by atoms with van der Waals surface area (Å²) in [5.41, 5.74) is 7.17. The lowest BCUT2D eigenvalue weighted by atomic mass is 9.68. The first-order valence-corrected chi connectivity index (χ1v) is 17.6. The summed E-state index contributed by atoms with van der Waals surface area (Å²) in [5.74, 6) is 0.187. The average Bonchev–Trinajstić information content (AvgIpc) is 3.47. The largest absolute Gasteiger partial charge is 0.422 e. The molecule has 2 aromatic heterocycles. The van der Waals surface area contributed by atoms with Crippen LogP contribution in [0.4, 0.5) is 5.69 Å². The van der Waals surface area contributed by atoms with Crippen LogP contribution in [0.2, 0.25) is 0 Å². The van der Waals surface area contributed by atoms with Crippen LogP contribution in [0.15, 0.2) is 63.8 Å². The summed E-state index contributed by atoms with van der Waals surface area (Å²) >= 11 is 1.64. The van der Waals surface area contributed by atoms with Gasteiger partial charge in [-0.2, -0.15) is 0 Å². The van der Waals surface area contributed by atoms with Gasteiger partial charge >= 0.3 is 5.63 Å². The third kappa shape index (κ3) is 4.22. The van der Waals surface area contributed by atoms with E-state index in [1.807, 2.05) is 0 Å². The van der Waals surface area contributed by atoms with Crippen LogP contribution in [0.1, 0.15) is 96.3 Å². The number of anilines is 1. The van der Waals surface area contributed by atoms with E-state index in [1.54, 1.807) is 11.3 Å². The van der Waals surface area contributed by atoms with Crippen molar-refractivity contribution in [1.82, 2.24) is 4.98 Å². The highest BCUT2D eigenvalue weighted by Gasteiger charge is 2.43. The first kappa shape index (κ1) is 28.8. The number of benzene rings is 4. The molecule has 0 saturated carbocycles. The number of rotatable bonds is 5. The van der Waals surface area contributed by atoms with Crippen LogP contribution >= 0.6 is 11.3 Å². The molecule has 0 fully saturated rings. The van der Waals surface area contributed by atoms with Crippen molar-refractivity contribution in [3.63, 3.8) is 0 Å². The predicted molar refractivity (Wildman–Crippen MR) is 192 cm³/mol. The Morgan fingerprint density at radius 1 is 0.911 bits per heavy atom. The number of nitrogens with zero attached hydrogens (tertiary/aromatic N) is 2. The normalized spacial score (nSPS) is 17.8. The molecule has 0 spiro atoms. The van der Waals surface area contributed by atoms with E-state index in [9.17, 15) is 4.79 Å². The third-order valence-electron chi connectivity index (χ3n) is 10.9. The fourth-order valence-electron chi connectivity index (χ4n) is 8.25. The Bertz CT molecular complexity index is 2150. The summed E-state index contributed by atoms with van der Waals surface area (Å²) in [6, 6.07) is 19.5. The Hall–Kier alpha value is -3.70. The second kappa shape index (κ2) is 10.2. The van der Waals surface area contributed by atoms with Crippen LogP contribution in [0, 0.1) is 0 Å². The molecule has 5 heteroatoms. The van der Waals surface area contributed by atoms with Gasteiger partial charge in [-0.15, -0.1) is 11.3 Å². The number of unbranched alkanes of at least 4 members (excludes halogenated alkanes) is 1. The molecule has 0 aliphatic carbocycles. The molecular weight excluding hydrogens is 573 g/mol. The Morgan fingerprint density at radius 3 is 2.27 bits per heavy atom. The van der Waals surface area contributed by atoms with Crippen LogP contribution in [0.5, 0.6) is 0 Å². The van der Waals surface area contributed by atoms with Crippen LogP contribution in [0.25, 0.3) is 53.3 Å². The number of thiazole rings is 1. The highest BCUT2D eigenvalue weighted by molar-refractivity contribution is 7.22. The molecule has 2 aliphatic heterocycles. The minimum Gasteiger partial charge on any atom is -0.422 e. The molecule has 0 N–H and O–H groups in total. The Kier molecular flexibility index (Phi) is 6.49. The summed E-state index contributed by atoms with van der Waals surface area (Å²) in [5, 5.41) is 6.61. The van der Waals surface area contributed by atoms with E-state index in [-0.39, 0.29) is 22.4 Å². The van der Waals surface area contributed by atoms with Crippen molar-refractivity contribution in [2.45, 2.75) is 90.4 Å². The second-order valence-electron chi connectivity index (χ2n) is 14.8. The van der Waals surface area contributed by atoms with Crippen molar-refractivity contribution in [3.05, 3.63) is 81.7 Å². The molecule has 0 bridgehead atoms. The van der Waals surface area contributed by atoms with Gasteiger partial charge in [-0.05, 0) is 64.0 Å². The molecule has 4 aromatic carbocycles. The monoisotopic (exact) mass is 614 g/mol. The van der Waals surface area contributed by atoms with E-state index in [1.165, 1.54) is 33.0 Å². The maximum atomic E-state index is 14.5. The Balaban J connectivity index is 1.51. The first-order valence-electron chi connectivity index (χ1n) is 16.7. The van der Waals surface area contributed by atoms with Crippen molar-refractivity contribution < 1.29 is 4.42 Å². The van der Waals surface area contributed by atoms with Gasteiger partial charge in [-0.1, -0.05) is 103 Å². The Labute approximate surface area is 269 Å². The smallest absolute Gasteiger partial charge is 0.346 e. The molecule has 45 heavy (non-hydrogen) atoms.